The predicted molar refractivity (Wildman–Crippen MR) is 42.1 cm³/mol. The number of hydrogen-bond acceptors (Lipinski definition) is 3. The van der Waals surface area contributed by atoms with Gasteiger partial charge in [-0.3, -0.25) is 0 Å². The third kappa shape index (κ3) is 3.22. The van der Waals surface area contributed by atoms with E-state index in [9.17, 15) is 9.90 Å². The number of carbonyl (C=O) groups is 1. The first kappa shape index (κ1) is 12.2. The summed E-state index contributed by atoms with van der Waals surface area (Å²) in [5.74, 6) is -1.39. The topological polar surface area (TPSA) is 60.4 Å². The number of carboxylic acid groups (broad SMARTS) is 1. The number of aliphatic carboxylic acids is 1. The molecule has 0 aliphatic carbocycles. The van der Waals surface area contributed by atoms with Gasteiger partial charge in [0.25, 0.3) is 0 Å². The van der Waals surface area contributed by atoms with Gasteiger partial charge in [-0.2, -0.15) is 0 Å². The largest absolute Gasteiger partial charge is 1.00 e. The SMILES string of the molecule is O=C([O-])C(=CO)c1ccccc1.[Na+]. The zero-order valence-corrected chi connectivity index (χ0v) is 9.23. The third-order valence-electron chi connectivity index (χ3n) is 1.43. The molecular weight excluding hydrogens is 179 g/mol. The summed E-state index contributed by atoms with van der Waals surface area (Å²) in [5.41, 5.74) is 0.218. The number of carbonyl (C=O) groups excluding carboxylic acids is 1. The first-order valence-corrected chi connectivity index (χ1v) is 3.37. The molecule has 0 saturated carbocycles. The first-order valence-electron chi connectivity index (χ1n) is 3.37. The number of aliphatic hydroxyl groups is 1. The van der Waals surface area contributed by atoms with Gasteiger partial charge in [-0.15, -0.1) is 0 Å². The molecule has 0 heterocycles. The molecule has 0 aliphatic rings. The zero-order chi connectivity index (χ0) is 8.97. The maximum atomic E-state index is 10.4. The van der Waals surface area contributed by atoms with Crippen LogP contribution in [0.4, 0.5) is 0 Å². The molecule has 1 aromatic rings. The van der Waals surface area contributed by atoms with Crippen molar-refractivity contribution in [2.24, 2.45) is 0 Å². The molecule has 3 nitrogen and oxygen atoms in total. The molecule has 0 saturated heterocycles. The van der Waals surface area contributed by atoms with E-state index in [4.69, 9.17) is 5.11 Å². The fourth-order valence-corrected chi connectivity index (χ4v) is 0.863. The van der Waals surface area contributed by atoms with Crippen molar-refractivity contribution in [3.63, 3.8) is 0 Å². The van der Waals surface area contributed by atoms with Crippen molar-refractivity contribution in [1.29, 1.82) is 0 Å². The number of hydrogen-bond donors (Lipinski definition) is 1. The fraction of sp³-hybridized carbons (Fsp3) is 0. The van der Waals surface area contributed by atoms with Crippen LogP contribution in [-0.4, -0.2) is 11.1 Å². The van der Waals surface area contributed by atoms with Gasteiger partial charge in [0.05, 0.1) is 12.2 Å². The molecular formula is C9H7NaO3. The van der Waals surface area contributed by atoms with E-state index in [0.29, 0.717) is 11.8 Å². The smallest absolute Gasteiger partial charge is 0.545 e. The predicted octanol–water partition coefficient (Wildman–Crippen LogP) is -2.66. The standard InChI is InChI=1S/C9H8O3.Na/c10-6-8(9(11)12)7-4-2-1-3-5-7;/h1-6,10H,(H,11,12);/q;+1/p-1. The average molecular weight is 186 g/mol. The summed E-state index contributed by atoms with van der Waals surface area (Å²) in [5, 5.41) is 19.0. The minimum absolute atomic E-state index is 0. The van der Waals surface area contributed by atoms with Gasteiger partial charge in [-0.25, -0.2) is 0 Å². The Bertz CT molecular complexity index is 306. The second-order valence-electron chi connectivity index (χ2n) is 2.20. The maximum Gasteiger partial charge on any atom is 1.00 e. The van der Waals surface area contributed by atoms with Crippen LogP contribution < -0.4 is 34.7 Å². The summed E-state index contributed by atoms with van der Waals surface area (Å²) in [6.45, 7) is 0. The Hall–Kier alpha value is -0.770. The molecule has 0 atom stereocenters. The van der Waals surface area contributed by atoms with E-state index in [0.717, 1.165) is 0 Å². The second-order valence-corrected chi connectivity index (χ2v) is 2.20. The van der Waals surface area contributed by atoms with Crippen LogP contribution in [0.15, 0.2) is 36.6 Å². The second kappa shape index (κ2) is 5.80. The number of benzene rings is 1. The Balaban J connectivity index is 0.00000144. The van der Waals surface area contributed by atoms with Crippen LogP contribution in [0, 0.1) is 0 Å². The molecule has 0 fully saturated rings. The third-order valence-corrected chi connectivity index (χ3v) is 1.43. The molecule has 1 rings (SSSR count). The number of carboxylic acids is 1. The van der Waals surface area contributed by atoms with Gasteiger partial charge in [-0.05, 0) is 5.56 Å². The molecule has 0 aromatic heterocycles. The van der Waals surface area contributed by atoms with E-state index in [1.54, 1.807) is 30.3 Å². The molecule has 13 heavy (non-hydrogen) atoms. The van der Waals surface area contributed by atoms with E-state index in [-0.39, 0.29) is 35.1 Å². The Morgan fingerprint density at radius 2 is 1.85 bits per heavy atom. The van der Waals surface area contributed by atoms with Crippen LogP contribution in [0.5, 0.6) is 0 Å². The van der Waals surface area contributed by atoms with Crippen LogP contribution in [0.3, 0.4) is 0 Å². The van der Waals surface area contributed by atoms with Crippen molar-refractivity contribution in [1.82, 2.24) is 0 Å². The van der Waals surface area contributed by atoms with Crippen LogP contribution >= 0.6 is 0 Å². The molecule has 0 unspecified atom stereocenters. The van der Waals surface area contributed by atoms with Crippen molar-refractivity contribution in [2.45, 2.75) is 0 Å². The summed E-state index contributed by atoms with van der Waals surface area (Å²) in [7, 11) is 0. The van der Waals surface area contributed by atoms with Gasteiger partial charge >= 0.3 is 29.6 Å². The van der Waals surface area contributed by atoms with E-state index in [2.05, 4.69) is 0 Å². The minimum Gasteiger partial charge on any atom is -0.545 e. The van der Waals surface area contributed by atoms with Crippen LogP contribution in [0.1, 0.15) is 5.56 Å². The molecule has 0 radical (unpaired) electrons. The van der Waals surface area contributed by atoms with E-state index in [1.165, 1.54) is 0 Å². The molecule has 62 valence electrons. The number of aliphatic hydroxyl groups excluding tert-OH is 1. The fourth-order valence-electron chi connectivity index (χ4n) is 0.863. The molecule has 0 aliphatic heterocycles. The first-order chi connectivity index (χ1) is 5.75. The summed E-state index contributed by atoms with van der Waals surface area (Å²) in [6, 6.07) is 8.28. The van der Waals surface area contributed by atoms with Crippen molar-refractivity contribution in [3.8, 4) is 0 Å². The van der Waals surface area contributed by atoms with Gasteiger partial charge in [0.1, 0.15) is 0 Å². The van der Waals surface area contributed by atoms with Crippen LogP contribution in [0.2, 0.25) is 0 Å². The Labute approximate surface area is 98.0 Å². The molecule has 1 N–H and O–H groups in total. The normalized spacial score (nSPS) is 10.3. The van der Waals surface area contributed by atoms with Gasteiger partial charge in [0.2, 0.25) is 0 Å². The molecule has 0 spiro atoms. The van der Waals surface area contributed by atoms with E-state index < -0.39 is 5.97 Å². The van der Waals surface area contributed by atoms with E-state index in [1.807, 2.05) is 0 Å². The van der Waals surface area contributed by atoms with Crippen molar-refractivity contribution < 1.29 is 44.6 Å². The average Bonchev–Trinajstić information content (AvgIpc) is 2.07. The van der Waals surface area contributed by atoms with Gasteiger partial charge in [0, 0.05) is 5.57 Å². The Morgan fingerprint density at radius 1 is 1.31 bits per heavy atom. The van der Waals surface area contributed by atoms with Gasteiger partial charge in [0.15, 0.2) is 0 Å². The summed E-state index contributed by atoms with van der Waals surface area (Å²) in [4.78, 5) is 10.4. The summed E-state index contributed by atoms with van der Waals surface area (Å²) >= 11 is 0. The zero-order valence-electron chi connectivity index (χ0n) is 7.23. The molecule has 1 aromatic carbocycles. The molecule has 0 bridgehead atoms. The molecule has 0 amide bonds. The molecule has 4 heteroatoms. The van der Waals surface area contributed by atoms with Crippen molar-refractivity contribution in [2.75, 3.05) is 0 Å². The summed E-state index contributed by atoms with van der Waals surface area (Å²) in [6.07, 6.45) is 0.532. The van der Waals surface area contributed by atoms with Crippen LogP contribution in [-0.2, 0) is 4.79 Å². The Kier molecular flexibility index (Phi) is 5.46. The summed E-state index contributed by atoms with van der Waals surface area (Å²) < 4.78 is 0. The maximum absolute atomic E-state index is 10.4. The van der Waals surface area contributed by atoms with Crippen molar-refractivity contribution >= 4 is 11.5 Å². The van der Waals surface area contributed by atoms with Gasteiger partial charge < -0.3 is 15.0 Å². The van der Waals surface area contributed by atoms with E-state index >= 15 is 0 Å². The van der Waals surface area contributed by atoms with Gasteiger partial charge in [-0.1, -0.05) is 30.3 Å². The van der Waals surface area contributed by atoms with Crippen LogP contribution in [0.25, 0.3) is 5.57 Å². The Morgan fingerprint density at radius 3 is 2.23 bits per heavy atom. The monoisotopic (exact) mass is 186 g/mol. The minimum atomic E-state index is -1.39. The van der Waals surface area contributed by atoms with Crippen molar-refractivity contribution in [3.05, 3.63) is 42.2 Å². The number of rotatable bonds is 2. The quantitative estimate of drug-likeness (QED) is 0.311.